The van der Waals surface area contributed by atoms with E-state index in [4.69, 9.17) is 32.5 Å². The second kappa shape index (κ2) is 10.2. The normalized spacial score (nSPS) is 14.8. The quantitative estimate of drug-likeness (QED) is 0.494. The molecule has 166 valence electrons. The van der Waals surface area contributed by atoms with E-state index >= 15 is 0 Å². The summed E-state index contributed by atoms with van der Waals surface area (Å²) in [5, 5.41) is 4.97. The second-order valence-electron chi connectivity index (χ2n) is 7.32. The molecule has 0 N–H and O–H groups in total. The average Bonchev–Trinajstić information content (AvgIpc) is 3.29. The van der Waals surface area contributed by atoms with E-state index in [1.54, 1.807) is 25.3 Å². The van der Waals surface area contributed by atoms with Crippen molar-refractivity contribution in [1.29, 1.82) is 0 Å². The van der Waals surface area contributed by atoms with Gasteiger partial charge in [-0.15, -0.1) is 0 Å². The maximum Gasteiger partial charge on any atom is 0.246 e. The van der Waals surface area contributed by atoms with Gasteiger partial charge in [-0.1, -0.05) is 40.5 Å². The largest absolute Gasteiger partial charge is 0.497 e. The molecule has 4 rings (SSSR count). The third kappa shape index (κ3) is 5.30. The Kier molecular flexibility index (Phi) is 7.09. The molecule has 0 spiro atoms. The maximum absolute atomic E-state index is 12.5. The van der Waals surface area contributed by atoms with Gasteiger partial charge in [0, 0.05) is 37.8 Å². The number of hydrogen-bond acceptors (Lipinski definition) is 6. The molecule has 0 unspecified atom stereocenters. The van der Waals surface area contributed by atoms with Gasteiger partial charge >= 0.3 is 0 Å². The lowest BCUT2D eigenvalue weighted by Crippen LogP contribution is -2.47. The molecule has 0 radical (unpaired) electrons. The summed E-state index contributed by atoms with van der Waals surface area (Å²) >= 11 is 12.2. The van der Waals surface area contributed by atoms with Crippen molar-refractivity contribution in [3.05, 3.63) is 70.0 Å². The molecule has 1 fully saturated rings. The van der Waals surface area contributed by atoms with Crippen molar-refractivity contribution in [2.45, 2.75) is 6.54 Å². The van der Waals surface area contributed by atoms with E-state index in [2.05, 4.69) is 15.0 Å². The summed E-state index contributed by atoms with van der Waals surface area (Å²) in [6.45, 7) is 3.21. The summed E-state index contributed by atoms with van der Waals surface area (Å²) < 4.78 is 10.6. The van der Waals surface area contributed by atoms with Crippen LogP contribution >= 0.6 is 23.2 Å². The first kappa shape index (κ1) is 22.3. The number of benzene rings is 2. The molecule has 1 aliphatic rings. The zero-order valence-electron chi connectivity index (χ0n) is 17.5. The van der Waals surface area contributed by atoms with Crippen LogP contribution < -0.4 is 4.74 Å². The highest BCUT2D eigenvalue weighted by atomic mass is 35.5. The Balaban J connectivity index is 1.29. The van der Waals surface area contributed by atoms with Crippen molar-refractivity contribution in [2.75, 3.05) is 33.3 Å². The van der Waals surface area contributed by atoms with Crippen LogP contribution in [-0.2, 0) is 11.3 Å². The van der Waals surface area contributed by atoms with Crippen LogP contribution in [-0.4, -0.2) is 59.1 Å². The van der Waals surface area contributed by atoms with Gasteiger partial charge in [-0.2, -0.15) is 4.98 Å². The van der Waals surface area contributed by atoms with Gasteiger partial charge in [0.1, 0.15) is 5.75 Å². The van der Waals surface area contributed by atoms with Crippen LogP contribution in [0.2, 0.25) is 10.0 Å². The van der Waals surface area contributed by atoms with Gasteiger partial charge in [0.05, 0.1) is 23.7 Å². The average molecular weight is 473 g/mol. The van der Waals surface area contributed by atoms with Crippen LogP contribution in [0.5, 0.6) is 5.75 Å². The Hall–Kier alpha value is -2.87. The minimum Gasteiger partial charge on any atom is -0.497 e. The standard InChI is InChI=1S/C23H22Cl2N4O3/c1-31-18-8-5-17(6-9-18)23-26-20(32-27-23)15-28-11-13-29(14-12-28)21(30)10-7-16-3-2-4-19(24)22(16)25/h2-10H,11-15H2,1H3. The lowest BCUT2D eigenvalue weighted by molar-refractivity contribution is -0.127. The minimum absolute atomic E-state index is 0.0553. The number of aromatic nitrogens is 2. The van der Waals surface area contributed by atoms with Crippen LogP contribution in [0.1, 0.15) is 11.5 Å². The van der Waals surface area contributed by atoms with Crippen LogP contribution in [0.25, 0.3) is 17.5 Å². The van der Waals surface area contributed by atoms with E-state index in [1.165, 1.54) is 6.08 Å². The molecular formula is C23H22Cl2N4O3. The first-order valence-corrected chi connectivity index (χ1v) is 10.9. The van der Waals surface area contributed by atoms with Crippen molar-refractivity contribution in [3.63, 3.8) is 0 Å². The molecule has 0 atom stereocenters. The number of methoxy groups -OCH3 is 1. The molecular weight excluding hydrogens is 451 g/mol. The molecule has 1 aliphatic heterocycles. The van der Waals surface area contributed by atoms with E-state index in [0.29, 0.717) is 41.4 Å². The van der Waals surface area contributed by atoms with Crippen molar-refractivity contribution < 1.29 is 14.1 Å². The van der Waals surface area contributed by atoms with Gasteiger partial charge in [-0.25, -0.2) is 0 Å². The first-order valence-electron chi connectivity index (χ1n) is 10.1. The highest BCUT2D eigenvalue weighted by Crippen LogP contribution is 2.26. The topological polar surface area (TPSA) is 71.7 Å². The van der Waals surface area contributed by atoms with Crippen LogP contribution in [0, 0.1) is 0 Å². The molecule has 0 bridgehead atoms. The van der Waals surface area contributed by atoms with Gasteiger partial charge in [-0.05, 0) is 42.0 Å². The van der Waals surface area contributed by atoms with E-state index in [1.807, 2.05) is 35.2 Å². The SMILES string of the molecule is COc1ccc(-c2noc(CN3CCN(C(=O)C=Cc4cccc(Cl)c4Cl)CC3)n2)cc1. The van der Waals surface area contributed by atoms with E-state index in [0.717, 1.165) is 30.0 Å². The Morgan fingerprint density at radius 1 is 1.12 bits per heavy atom. The van der Waals surface area contributed by atoms with Gasteiger partial charge in [-0.3, -0.25) is 9.69 Å². The maximum atomic E-state index is 12.5. The third-order valence-corrected chi connectivity index (χ3v) is 6.08. The molecule has 0 aliphatic carbocycles. The van der Waals surface area contributed by atoms with Gasteiger partial charge in [0.15, 0.2) is 0 Å². The molecule has 32 heavy (non-hydrogen) atoms. The van der Waals surface area contributed by atoms with Crippen LogP contribution in [0.4, 0.5) is 0 Å². The van der Waals surface area contributed by atoms with Crippen molar-refractivity contribution >= 4 is 35.2 Å². The zero-order chi connectivity index (χ0) is 22.5. The Morgan fingerprint density at radius 3 is 2.59 bits per heavy atom. The predicted molar refractivity (Wildman–Crippen MR) is 124 cm³/mol. The number of nitrogens with zero attached hydrogens (tertiary/aromatic N) is 4. The van der Waals surface area contributed by atoms with E-state index in [9.17, 15) is 4.79 Å². The molecule has 7 nitrogen and oxygen atoms in total. The fourth-order valence-electron chi connectivity index (χ4n) is 3.41. The van der Waals surface area contributed by atoms with Crippen LogP contribution in [0.3, 0.4) is 0 Å². The minimum atomic E-state index is -0.0553. The van der Waals surface area contributed by atoms with Gasteiger partial charge < -0.3 is 14.2 Å². The summed E-state index contributed by atoms with van der Waals surface area (Å²) in [7, 11) is 1.62. The van der Waals surface area contributed by atoms with Crippen LogP contribution in [0.15, 0.2) is 53.1 Å². The summed E-state index contributed by atoms with van der Waals surface area (Å²) in [5.41, 5.74) is 1.58. The smallest absolute Gasteiger partial charge is 0.246 e. The monoisotopic (exact) mass is 472 g/mol. The lowest BCUT2D eigenvalue weighted by Gasteiger charge is -2.33. The van der Waals surface area contributed by atoms with Gasteiger partial charge in [0.2, 0.25) is 17.6 Å². The predicted octanol–water partition coefficient (Wildman–Crippen LogP) is 4.41. The molecule has 2 aromatic carbocycles. The Bertz CT molecular complexity index is 1110. The Morgan fingerprint density at radius 2 is 1.88 bits per heavy atom. The second-order valence-corrected chi connectivity index (χ2v) is 8.10. The number of amides is 1. The molecule has 0 saturated carbocycles. The van der Waals surface area contributed by atoms with E-state index < -0.39 is 0 Å². The summed E-state index contributed by atoms with van der Waals surface area (Å²) in [4.78, 5) is 21.0. The third-order valence-electron chi connectivity index (χ3n) is 5.25. The summed E-state index contributed by atoms with van der Waals surface area (Å²) in [5.74, 6) is 1.81. The van der Waals surface area contributed by atoms with Crippen molar-refractivity contribution in [1.82, 2.24) is 19.9 Å². The molecule has 1 amide bonds. The number of halogens is 2. The molecule has 9 heteroatoms. The van der Waals surface area contributed by atoms with Crippen molar-refractivity contribution in [3.8, 4) is 17.1 Å². The number of carbonyl (C=O) groups is 1. The fraction of sp³-hybridized carbons (Fsp3) is 0.261. The number of piperazine rings is 1. The first-order chi connectivity index (χ1) is 15.5. The highest BCUT2D eigenvalue weighted by Gasteiger charge is 2.21. The molecule has 1 aromatic heterocycles. The molecule has 2 heterocycles. The summed E-state index contributed by atoms with van der Waals surface area (Å²) in [6.07, 6.45) is 3.23. The van der Waals surface area contributed by atoms with Gasteiger partial charge in [0.25, 0.3) is 0 Å². The number of rotatable bonds is 6. The number of carbonyl (C=O) groups excluding carboxylic acids is 1. The molecule has 3 aromatic rings. The van der Waals surface area contributed by atoms with E-state index in [-0.39, 0.29) is 5.91 Å². The highest BCUT2D eigenvalue weighted by molar-refractivity contribution is 6.42. The molecule has 1 saturated heterocycles. The summed E-state index contributed by atoms with van der Waals surface area (Å²) in [6, 6.07) is 12.8. The zero-order valence-corrected chi connectivity index (χ0v) is 19.0. The lowest BCUT2D eigenvalue weighted by atomic mass is 10.2. The fourth-order valence-corrected chi connectivity index (χ4v) is 3.78. The number of ether oxygens (including phenoxy) is 1. The van der Waals surface area contributed by atoms with Crippen molar-refractivity contribution in [2.24, 2.45) is 0 Å². The Labute approximate surface area is 196 Å². The number of hydrogen-bond donors (Lipinski definition) is 0.